The van der Waals surface area contributed by atoms with E-state index in [2.05, 4.69) is 9.88 Å². The molecule has 4 heterocycles. The van der Waals surface area contributed by atoms with Crippen molar-refractivity contribution in [1.29, 1.82) is 0 Å². The molecule has 4 atom stereocenters. The molecule has 3 aliphatic carbocycles. The van der Waals surface area contributed by atoms with E-state index in [1.54, 1.807) is 6.07 Å². The van der Waals surface area contributed by atoms with Crippen LogP contribution in [0.3, 0.4) is 0 Å². The van der Waals surface area contributed by atoms with E-state index in [4.69, 9.17) is 4.74 Å². The van der Waals surface area contributed by atoms with Crippen LogP contribution < -0.4 is 10.3 Å². The van der Waals surface area contributed by atoms with E-state index in [-0.39, 0.29) is 23.8 Å². The molecule has 34 heavy (non-hydrogen) atoms. The summed E-state index contributed by atoms with van der Waals surface area (Å²) in [5, 5.41) is 23.6. The van der Waals surface area contributed by atoms with Crippen LogP contribution in [0.4, 0.5) is 0 Å². The Hall–Kier alpha value is -2.90. The van der Waals surface area contributed by atoms with Gasteiger partial charge < -0.3 is 19.4 Å². The van der Waals surface area contributed by atoms with Gasteiger partial charge in [-0.1, -0.05) is 12.1 Å². The zero-order valence-electron chi connectivity index (χ0n) is 19.1. The number of benzene rings is 1. The van der Waals surface area contributed by atoms with Gasteiger partial charge in [0.05, 0.1) is 16.7 Å². The van der Waals surface area contributed by atoms with Gasteiger partial charge >= 0.3 is 0 Å². The number of likely N-dealkylation sites (tertiary alicyclic amines) is 1. The van der Waals surface area contributed by atoms with Crippen LogP contribution in [0.15, 0.2) is 35.3 Å². The Bertz CT molecular complexity index is 1480. The minimum absolute atomic E-state index is 0.0956. The summed E-state index contributed by atoms with van der Waals surface area (Å²) < 4.78 is 8.60. The number of aromatic hydroxyl groups is 1. The van der Waals surface area contributed by atoms with Gasteiger partial charge in [-0.05, 0) is 68.3 Å². The summed E-state index contributed by atoms with van der Waals surface area (Å²) in [5.41, 5.74) is 2.81. The van der Waals surface area contributed by atoms with E-state index in [0.717, 1.165) is 41.9 Å². The van der Waals surface area contributed by atoms with Crippen LogP contribution in [0, 0.1) is 12.8 Å². The van der Waals surface area contributed by atoms with Crippen molar-refractivity contribution < 1.29 is 14.9 Å². The smallest absolute Gasteiger partial charge is 0.276 e. The summed E-state index contributed by atoms with van der Waals surface area (Å²) in [4.78, 5) is 20.3. The van der Waals surface area contributed by atoms with Crippen molar-refractivity contribution in [3.8, 4) is 11.5 Å². The Morgan fingerprint density at radius 3 is 2.94 bits per heavy atom. The molecule has 2 aliphatic heterocycles. The normalized spacial score (nSPS) is 32.9. The van der Waals surface area contributed by atoms with Gasteiger partial charge in [-0.15, -0.1) is 0 Å². The zero-order chi connectivity index (χ0) is 23.0. The van der Waals surface area contributed by atoms with Crippen molar-refractivity contribution in [1.82, 2.24) is 14.3 Å². The first kappa shape index (κ1) is 19.4. The van der Waals surface area contributed by atoms with Gasteiger partial charge in [-0.3, -0.25) is 9.69 Å². The minimum atomic E-state index is -1.16. The average molecular weight is 458 g/mol. The number of phenolic OH excluding ortho intramolecular Hbond substituents is 1. The first-order chi connectivity index (χ1) is 16.4. The maximum atomic E-state index is 13.4. The summed E-state index contributed by atoms with van der Waals surface area (Å²) >= 11 is 0. The van der Waals surface area contributed by atoms with E-state index in [1.165, 1.54) is 12.8 Å². The fourth-order valence-electron chi connectivity index (χ4n) is 7.74. The Morgan fingerprint density at radius 1 is 1.26 bits per heavy atom. The van der Waals surface area contributed by atoms with Crippen LogP contribution in [0.2, 0.25) is 0 Å². The molecule has 0 unspecified atom stereocenters. The number of phenols is 1. The highest BCUT2D eigenvalue weighted by atomic mass is 16.5. The Balaban J connectivity index is 1.46. The van der Waals surface area contributed by atoms with E-state index < -0.39 is 17.1 Å². The molecule has 1 saturated heterocycles. The van der Waals surface area contributed by atoms with Crippen molar-refractivity contribution >= 4 is 5.65 Å². The molecule has 0 radical (unpaired) electrons. The fraction of sp³-hybridized carbons (Fsp3) is 0.481. The van der Waals surface area contributed by atoms with Crippen LogP contribution in [0.5, 0.6) is 11.5 Å². The molecule has 2 fully saturated rings. The fourth-order valence-corrected chi connectivity index (χ4v) is 7.74. The molecule has 1 spiro atoms. The highest BCUT2D eigenvalue weighted by molar-refractivity contribution is 5.65. The van der Waals surface area contributed by atoms with Crippen LogP contribution in [0.1, 0.15) is 53.3 Å². The van der Waals surface area contributed by atoms with Crippen LogP contribution >= 0.6 is 0 Å². The number of hydrogen-bond donors (Lipinski definition) is 2. The first-order valence-corrected chi connectivity index (χ1v) is 12.4. The van der Waals surface area contributed by atoms with E-state index >= 15 is 0 Å². The summed E-state index contributed by atoms with van der Waals surface area (Å²) in [6, 6.07) is 7.54. The summed E-state index contributed by atoms with van der Waals surface area (Å²) in [6.45, 7) is 3.83. The minimum Gasteiger partial charge on any atom is -0.504 e. The molecule has 7 heteroatoms. The summed E-state index contributed by atoms with van der Waals surface area (Å²) in [6.07, 6.45) is 5.57. The lowest BCUT2D eigenvalue weighted by Gasteiger charge is -2.63. The van der Waals surface area contributed by atoms with Gasteiger partial charge in [0.25, 0.3) is 5.56 Å². The molecule has 0 amide bonds. The summed E-state index contributed by atoms with van der Waals surface area (Å²) in [7, 11) is 0. The molecule has 8 rings (SSSR count). The largest absolute Gasteiger partial charge is 0.504 e. The number of rotatable bonds is 2. The van der Waals surface area contributed by atoms with E-state index in [0.29, 0.717) is 29.3 Å². The lowest BCUT2D eigenvalue weighted by atomic mass is 9.49. The average Bonchev–Trinajstić information content (AvgIpc) is 3.55. The molecule has 3 aromatic rings. The highest BCUT2D eigenvalue weighted by Gasteiger charge is 2.73. The number of pyridine rings is 1. The van der Waals surface area contributed by atoms with Crippen LogP contribution in [0.25, 0.3) is 5.65 Å². The molecule has 1 saturated carbocycles. The Kier molecular flexibility index (Phi) is 3.43. The lowest BCUT2D eigenvalue weighted by Crippen LogP contribution is -2.75. The first-order valence-electron chi connectivity index (χ1n) is 12.4. The monoisotopic (exact) mass is 457 g/mol. The van der Waals surface area contributed by atoms with E-state index in [9.17, 15) is 15.0 Å². The zero-order valence-corrected chi connectivity index (χ0v) is 19.1. The number of hydrogen-bond acceptors (Lipinski definition) is 6. The second-order valence-electron chi connectivity index (χ2n) is 11.1. The van der Waals surface area contributed by atoms with Crippen molar-refractivity contribution in [2.45, 2.75) is 62.2 Å². The van der Waals surface area contributed by atoms with Crippen molar-refractivity contribution in [2.75, 3.05) is 13.1 Å². The second kappa shape index (κ2) is 6.01. The second-order valence-corrected chi connectivity index (χ2v) is 11.1. The van der Waals surface area contributed by atoms with Gasteiger partial charge in [-0.25, -0.2) is 0 Å². The predicted octanol–water partition coefficient (Wildman–Crippen LogP) is 2.41. The molecule has 7 nitrogen and oxygen atoms in total. The van der Waals surface area contributed by atoms with Crippen molar-refractivity contribution in [2.24, 2.45) is 5.92 Å². The van der Waals surface area contributed by atoms with Gasteiger partial charge in [0.15, 0.2) is 17.6 Å². The van der Waals surface area contributed by atoms with Gasteiger partial charge in [-0.2, -0.15) is 4.98 Å². The molecule has 174 valence electrons. The van der Waals surface area contributed by atoms with Crippen molar-refractivity contribution in [3.63, 3.8) is 0 Å². The van der Waals surface area contributed by atoms with E-state index in [1.807, 2.05) is 35.7 Å². The molecular weight excluding hydrogens is 430 g/mol. The third kappa shape index (κ3) is 2.08. The topological polar surface area (TPSA) is 87.3 Å². The van der Waals surface area contributed by atoms with Gasteiger partial charge in [0.2, 0.25) is 0 Å². The third-order valence-electron chi connectivity index (χ3n) is 9.40. The van der Waals surface area contributed by atoms with Gasteiger partial charge in [0, 0.05) is 36.3 Å². The Labute approximate surface area is 196 Å². The quantitative estimate of drug-likeness (QED) is 0.615. The number of aliphatic hydroxyl groups is 1. The SMILES string of the molecule is Cc1cccn2c3c(c(=O)nc12)C[C@@]1(O)[C@H]2Cc4ccc(O)c5c4[C@@]1(CCN2CC1CC1)[C@H]3O5. The molecule has 2 bridgehead atoms. The van der Waals surface area contributed by atoms with Gasteiger partial charge in [0.1, 0.15) is 5.65 Å². The maximum Gasteiger partial charge on any atom is 0.276 e. The number of piperidine rings is 1. The van der Waals surface area contributed by atoms with Crippen LogP contribution in [-0.4, -0.2) is 49.2 Å². The maximum absolute atomic E-state index is 13.4. The number of fused-ring (bicyclic) bond motifs is 4. The number of aromatic nitrogens is 2. The lowest BCUT2D eigenvalue weighted by molar-refractivity contribution is -0.174. The van der Waals surface area contributed by atoms with Crippen LogP contribution in [-0.2, 0) is 18.3 Å². The molecular formula is C27H27N3O4. The third-order valence-corrected chi connectivity index (χ3v) is 9.40. The molecule has 2 N–H and O–H groups in total. The standard InChI is InChI=1S/C27H27N3O4/c1-14-3-2-9-30-21-17(25(32)28-24(14)30)12-27(33)19-11-16-6-7-18(31)22-20(16)26(27,23(21)34-22)8-10-29(19)13-15-4-5-15/h2-3,6-7,9,15,19,23,31,33H,4-5,8,10-13H2,1H3/t19-,23+,26+,27-/m1/s1. The predicted molar refractivity (Wildman–Crippen MR) is 124 cm³/mol. The number of nitrogens with zero attached hydrogens (tertiary/aromatic N) is 3. The summed E-state index contributed by atoms with van der Waals surface area (Å²) in [5.74, 6) is 1.29. The molecule has 2 aromatic heterocycles. The Morgan fingerprint density at radius 2 is 2.12 bits per heavy atom. The molecule has 1 aromatic carbocycles. The number of ether oxygens (including phenoxy) is 1. The number of aryl methyl sites for hydroxylation is 1. The van der Waals surface area contributed by atoms with Crippen molar-refractivity contribution in [3.05, 3.63) is 68.8 Å². The molecule has 5 aliphatic rings. The highest BCUT2D eigenvalue weighted by Crippen LogP contribution is 2.68.